The number of hydrogen-bond acceptors (Lipinski definition) is 8. The number of amidine groups is 1. The van der Waals surface area contributed by atoms with Gasteiger partial charge in [0.05, 0.1) is 26.4 Å². The lowest BCUT2D eigenvalue weighted by molar-refractivity contribution is -0.230. The summed E-state index contributed by atoms with van der Waals surface area (Å²) in [6, 6.07) is 9.60. The van der Waals surface area contributed by atoms with Gasteiger partial charge in [-0.15, -0.1) is 0 Å². The minimum absolute atomic E-state index is 0.0278. The normalized spacial score (nSPS) is 31.3. The highest BCUT2D eigenvalue weighted by Gasteiger charge is 2.93. The number of nitriles is 2. The molecule has 0 saturated heterocycles. The van der Waals surface area contributed by atoms with E-state index in [0.717, 1.165) is 0 Å². The summed E-state index contributed by atoms with van der Waals surface area (Å²) in [6.45, 7) is 0. The third-order valence-electron chi connectivity index (χ3n) is 5.22. The zero-order chi connectivity index (χ0) is 18.5. The summed E-state index contributed by atoms with van der Waals surface area (Å²) in [5.41, 5.74) is 4.05. The van der Waals surface area contributed by atoms with Gasteiger partial charge in [-0.2, -0.15) is 10.5 Å². The predicted octanol–water partition coefficient (Wildman–Crippen LogP) is 1.14. The molecule has 1 aliphatic carbocycles. The molecule has 3 atom stereocenters. The summed E-state index contributed by atoms with van der Waals surface area (Å²) < 4.78 is 21.4. The molecule has 1 heterocycles. The van der Waals surface area contributed by atoms with Crippen LogP contribution in [0, 0.1) is 33.5 Å². The molecule has 0 amide bonds. The van der Waals surface area contributed by atoms with Gasteiger partial charge in [-0.1, -0.05) is 6.07 Å². The Morgan fingerprint density at radius 2 is 1.68 bits per heavy atom. The maximum absolute atomic E-state index is 9.99. The van der Waals surface area contributed by atoms with Crippen LogP contribution in [0.15, 0.2) is 23.2 Å². The minimum Gasteiger partial charge on any atom is -0.493 e. The molecule has 130 valence electrons. The molecule has 2 aliphatic rings. The van der Waals surface area contributed by atoms with Crippen LogP contribution in [0.5, 0.6) is 11.5 Å². The van der Waals surface area contributed by atoms with Gasteiger partial charge in [-0.3, -0.25) is 0 Å². The highest BCUT2D eigenvalue weighted by Crippen LogP contribution is 2.81. The number of fused-ring (bicyclic) bond motifs is 1. The largest absolute Gasteiger partial charge is 0.493 e. The lowest BCUT2D eigenvalue weighted by atomic mass is 9.93. The van der Waals surface area contributed by atoms with E-state index in [9.17, 15) is 10.5 Å². The highest BCUT2D eigenvalue weighted by molar-refractivity contribution is 6.00. The first-order valence-corrected chi connectivity index (χ1v) is 7.49. The quantitative estimate of drug-likeness (QED) is 0.796. The summed E-state index contributed by atoms with van der Waals surface area (Å²) in [5.74, 6) is -1.16. The summed E-state index contributed by atoms with van der Waals surface area (Å²) >= 11 is 0. The molecule has 0 bridgehead atoms. The molecule has 8 nitrogen and oxygen atoms in total. The van der Waals surface area contributed by atoms with Gasteiger partial charge < -0.3 is 24.7 Å². The van der Waals surface area contributed by atoms with E-state index in [-0.39, 0.29) is 5.84 Å². The van der Waals surface area contributed by atoms with Crippen LogP contribution in [0.3, 0.4) is 0 Å². The number of nitrogens with two attached hydrogens (primary N) is 1. The topological polar surface area (TPSA) is 123 Å². The molecule has 0 aromatic heterocycles. The average molecular weight is 342 g/mol. The molecule has 3 rings (SSSR count). The Morgan fingerprint density at radius 3 is 2.16 bits per heavy atom. The standard InChI is InChI=1S/C17H18N4O4/c1-22-11-6-5-10(7-12(11)23-2)13-15(8-18)14(20)21-17(24-3,25-4)16(13,15)9-19/h5-7,13H,1-4H3,(H2,20,21). The molecule has 1 aromatic carbocycles. The second kappa shape index (κ2) is 5.35. The molecule has 1 aliphatic heterocycles. The Morgan fingerprint density at radius 1 is 1.04 bits per heavy atom. The van der Waals surface area contributed by atoms with Gasteiger partial charge in [0.25, 0.3) is 5.91 Å². The fourth-order valence-corrected chi connectivity index (χ4v) is 4.05. The summed E-state index contributed by atoms with van der Waals surface area (Å²) in [7, 11) is 5.79. The lowest BCUT2D eigenvalue weighted by Gasteiger charge is -2.29. The van der Waals surface area contributed by atoms with E-state index in [1.807, 2.05) is 0 Å². The van der Waals surface area contributed by atoms with Gasteiger partial charge in [0.15, 0.2) is 16.9 Å². The van der Waals surface area contributed by atoms with Crippen molar-refractivity contribution in [1.29, 1.82) is 10.5 Å². The number of nitrogens with zero attached hydrogens (tertiary/aromatic N) is 3. The third kappa shape index (κ3) is 1.63. The fraction of sp³-hybridized carbons (Fsp3) is 0.471. The van der Waals surface area contributed by atoms with Gasteiger partial charge >= 0.3 is 0 Å². The number of rotatable bonds is 5. The average Bonchev–Trinajstić information content (AvgIpc) is 3.23. The third-order valence-corrected chi connectivity index (χ3v) is 5.22. The SMILES string of the molecule is COc1ccc(C2C3(C#N)C(N)=NC(OC)(OC)C23C#N)cc1OC. The lowest BCUT2D eigenvalue weighted by Crippen LogP contribution is -2.41. The van der Waals surface area contributed by atoms with Crippen LogP contribution in [0.2, 0.25) is 0 Å². The van der Waals surface area contributed by atoms with Crippen molar-refractivity contribution in [3.8, 4) is 23.6 Å². The van der Waals surface area contributed by atoms with Crippen molar-refractivity contribution in [2.75, 3.05) is 28.4 Å². The van der Waals surface area contributed by atoms with Crippen molar-refractivity contribution < 1.29 is 18.9 Å². The second-order valence-corrected chi connectivity index (χ2v) is 5.87. The number of aliphatic imine (C=N–C) groups is 1. The first-order chi connectivity index (χ1) is 12.0. The van der Waals surface area contributed by atoms with Gasteiger partial charge in [0.1, 0.15) is 11.3 Å². The highest BCUT2D eigenvalue weighted by atomic mass is 16.7. The van der Waals surface area contributed by atoms with Crippen LogP contribution >= 0.6 is 0 Å². The Bertz CT molecular complexity index is 836. The van der Waals surface area contributed by atoms with E-state index in [1.165, 1.54) is 28.4 Å². The van der Waals surface area contributed by atoms with E-state index in [1.54, 1.807) is 18.2 Å². The van der Waals surface area contributed by atoms with Crippen LogP contribution < -0.4 is 15.2 Å². The number of methoxy groups -OCH3 is 4. The molecule has 0 radical (unpaired) electrons. The smallest absolute Gasteiger partial charge is 0.292 e. The van der Waals surface area contributed by atoms with Crippen molar-refractivity contribution in [3.05, 3.63) is 23.8 Å². The summed E-state index contributed by atoms with van der Waals surface area (Å²) in [4.78, 5) is 4.17. The van der Waals surface area contributed by atoms with Gasteiger partial charge in [0, 0.05) is 20.1 Å². The Labute approximate surface area is 145 Å². The number of benzene rings is 1. The fourth-order valence-electron chi connectivity index (χ4n) is 4.05. The predicted molar refractivity (Wildman–Crippen MR) is 86.8 cm³/mol. The molecular formula is C17H18N4O4. The van der Waals surface area contributed by atoms with E-state index in [4.69, 9.17) is 24.7 Å². The van der Waals surface area contributed by atoms with Crippen LogP contribution in [0.25, 0.3) is 0 Å². The van der Waals surface area contributed by atoms with Crippen molar-refractivity contribution in [1.82, 2.24) is 0 Å². The van der Waals surface area contributed by atoms with E-state index in [0.29, 0.717) is 17.1 Å². The van der Waals surface area contributed by atoms with Crippen molar-refractivity contribution >= 4 is 5.84 Å². The Balaban J connectivity index is 2.21. The van der Waals surface area contributed by atoms with E-state index >= 15 is 0 Å². The number of hydrogen-bond donors (Lipinski definition) is 1. The van der Waals surface area contributed by atoms with Crippen LogP contribution in [-0.2, 0) is 9.47 Å². The van der Waals surface area contributed by atoms with Crippen molar-refractivity contribution in [3.63, 3.8) is 0 Å². The van der Waals surface area contributed by atoms with Gasteiger partial charge in [-0.25, -0.2) is 4.99 Å². The zero-order valence-electron chi connectivity index (χ0n) is 14.4. The van der Waals surface area contributed by atoms with Gasteiger partial charge in [-0.05, 0) is 17.7 Å². The molecule has 1 saturated carbocycles. The first kappa shape index (κ1) is 17.0. The Kier molecular flexibility index (Phi) is 3.64. The van der Waals surface area contributed by atoms with Crippen molar-refractivity contribution in [2.45, 2.75) is 11.8 Å². The first-order valence-electron chi connectivity index (χ1n) is 7.49. The second-order valence-electron chi connectivity index (χ2n) is 5.87. The maximum atomic E-state index is 9.99. The van der Waals surface area contributed by atoms with Gasteiger partial charge in [0.2, 0.25) is 0 Å². The van der Waals surface area contributed by atoms with Crippen LogP contribution in [0.1, 0.15) is 11.5 Å². The molecular weight excluding hydrogens is 324 g/mol. The Hall–Kier alpha value is -2.81. The minimum atomic E-state index is -1.64. The zero-order valence-corrected chi connectivity index (χ0v) is 14.4. The summed E-state index contributed by atoms with van der Waals surface area (Å²) in [6.07, 6.45) is 0. The molecule has 2 N–H and O–H groups in total. The molecule has 8 heteroatoms. The van der Waals surface area contributed by atoms with Crippen LogP contribution in [0.4, 0.5) is 0 Å². The molecule has 3 unspecified atom stereocenters. The van der Waals surface area contributed by atoms with Crippen LogP contribution in [-0.4, -0.2) is 40.2 Å². The molecule has 1 aromatic rings. The molecule has 25 heavy (non-hydrogen) atoms. The summed E-state index contributed by atoms with van der Waals surface area (Å²) in [5, 5.41) is 19.9. The van der Waals surface area contributed by atoms with E-state index in [2.05, 4.69) is 17.1 Å². The monoisotopic (exact) mass is 342 g/mol. The van der Waals surface area contributed by atoms with E-state index < -0.39 is 22.7 Å². The number of ether oxygens (including phenoxy) is 4. The molecule has 0 spiro atoms. The van der Waals surface area contributed by atoms with Crippen molar-refractivity contribution in [2.24, 2.45) is 21.6 Å². The maximum Gasteiger partial charge on any atom is 0.292 e. The molecule has 1 fully saturated rings.